The Morgan fingerprint density at radius 2 is 1.76 bits per heavy atom. The quantitative estimate of drug-likeness (QED) is 0.824. The molecule has 0 aliphatic heterocycles. The van der Waals surface area contributed by atoms with Crippen LogP contribution >= 0.6 is 0 Å². The van der Waals surface area contributed by atoms with Gasteiger partial charge in [0.25, 0.3) is 5.91 Å². The molecule has 1 atom stereocenters. The van der Waals surface area contributed by atoms with E-state index in [1.807, 2.05) is 0 Å². The number of phenolic OH excluding ortho intramolecular Hbond substituents is 1. The molecule has 0 saturated heterocycles. The minimum absolute atomic E-state index is 0.448. The van der Waals surface area contributed by atoms with Gasteiger partial charge >= 0.3 is 12.1 Å². The van der Waals surface area contributed by atoms with E-state index in [1.54, 1.807) is 30.3 Å². The predicted octanol–water partition coefficient (Wildman–Crippen LogP) is 3.60. The van der Waals surface area contributed by atoms with Crippen molar-refractivity contribution in [3.8, 4) is 5.75 Å². The number of hydrogen-bond acceptors (Lipinski definition) is 4. The normalized spacial score (nSPS) is 12.3. The molecular weight excluding hydrogens is 339 g/mol. The lowest BCUT2D eigenvalue weighted by Crippen LogP contribution is -2.30. The second kappa shape index (κ2) is 7.25. The second-order valence-electron chi connectivity index (χ2n) is 5.13. The van der Waals surface area contributed by atoms with Crippen LogP contribution in [0, 0.1) is 0 Å². The SMILES string of the molecule is C[C@H](OC(=O)c1cc(O)ccc1C(F)(F)F)C(=O)Nc1ccccc1. The first-order chi connectivity index (χ1) is 11.7. The molecular formula is C17H14F3NO4. The number of ether oxygens (including phenoxy) is 1. The first kappa shape index (κ1) is 18.3. The molecule has 0 saturated carbocycles. The fourth-order valence-electron chi connectivity index (χ4n) is 1.99. The molecule has 0 unspecified atom stereocenters. The highest BCUT2D eigenvalue weighted by molar-refractivity contribution is 5.98. The predicted molar refractivity (Wildman–Crippen MR) is 83.1 cm³/mol. The standard InChI is InChI=1S/C17H14F3NO4/c1-10(15(23)21-11-5-3-2-4-6-11)25-16(24)13-9-12(22)7-8-14(13)17(18,19)20/h2-10,22H,1H3,(H,21,23)/t10-/m0/s1. The zero-order chi connectivity index (χ0) is 18.6. The van der Waals surface area contributed by atoms with Gasteiger partial charge in [-0.1, -0.05) is 18.2 Å². The average Bonchev–Trinajstić information content (AvgIpc) is 2.54. The number of halogens is 3. The van der Waals surface area contributed by atoms with Crippen LogP contribution in [0.25, 0.3) is 0 Å². The first-order valence-corrected chi connectivity index (χ1v) is 7.15. The maximum Gasteiger partial charge on any atom is 0.417 e. The third kappa shape index (κ3) is 4.72. The summed E-state index contributed by atoms with van der Waals surface area (Å²) in [4.78, 5) is 24.0. The van der Waals surface area contributed by atoms with Crippen molar-refractivity contribution in [3.63, 3.8) is 0 Å². The summed E-state index contributed by atoms with van der Waals surface area (Å²) >= 11 is 0. The molecule has 2 N–H and O–H groups in total. The van der Waals surface area contributed by atoms with Crippen molar-refractivity contribution in [2.24, 2.45) is 0 Å². The van der Waals surface area contributed by atoms with Gasteiger partial charge in [-0.05, 0) is 37.3 Å². The highest BCUT2D eigenvalue weighted by atomic mass is 19.4. The monoisotopic (exact) mass is 353 g/mol. The Balaban J connectivity index is 2.14. The van der Waals surface area contributed by atoms with Gasteiger partial charge in [-0.15, -0.1) is 0 Å². The van der Waals surface area contributed by atoms with Crippen LogP contribution in [0.15, 0.2) is 48.5 Å². The number of carbonyl (C=O) groups is 2. The molecule has 25 heavy (non-hydrogen) atoms. The summed E-state index contributed by atoms with van der Waals surface area (Å²) in [7, 11) is 0. The Morgan fingerprint density at radius 1 is 1.12 bits per heavy atom. The number of benzene rings is 2. The third-order valence-electron chi connectivity index (χ3n) is 3.22. The fraction of sp³-hybridized carbons (Fsp3) is 0.176. The number of aromatic hydroxyl groups is 1. The van der Waals surface area contributed by atoms with E-state index in [4.69, 9.17) is 4.74 Å². The molecule has 0 fully saturated rings. The third-order valence-corrected chi connectivity index (χ3v) is 3.22. The molecule has 0 bridgehead atoms. The van der Waals surface area contributed by atoms with Crippen LogP contribution in [0.3, 0.4) is 0 Å². The lowest BCUT2D eigenvalue weighted by molar-refractivity contribution is -0.138. The molecule has 132 valence electrons. The number of rotatable bonds is 4. The largest absolute Gasteiger partial charge is 0.508 e. The minimum Gasteiger partial charge on any atom is -0.508 e. The number of amides is 1. The summed E-state index contributed by atoms with van der Waals surface area (Å²) in [5, 5.41) is 11.8. The van der Waals surface area contributed by atoms with Gasteiger partial charge in [-0.2, -0.15) is 13.2 Å². The highest BCUT2D eigenvalue weighted by Crippen LogP contribution is 2.34. The van der Waals surface area contributed by atoms with E-state index in [2.05, 4.69) is 5.32 Å². The molecule has 2 rings (SSSR count). The van der Waals surface area contributed by atoms with Crippen LogP contribution in [0.4, 0.5) is 18.9 Å². The Bertz CT molecular complexity index is 775. The van der Waals surface area contributed by atoms with Crippen molar-refractivity contribution in [1.29, 1.82) is 0 Å². The maximum absolute atomic E-state index is 13.0. The van der Waals surface area contributed by atoms with Crippen molar-refractivity contribution in [3.05, 3.63) is 59.7 Å². The van der Waals surface area contributed by atoms with Crippen LogP contribution in [-0.4, -0.2) is 23.1 Å². The fourth-order valence-corrected chi connectivity index (χ4v) is 1.99. The number of para-hydroxylation sites is 1. The molecule has 8 heteroatoms. The molecule has 2 aromatic carbocycles. The number of alkyl halides is 3. The molecule has 0 radical (unpaired) electrons. The summed E-state index contributed by atoms with van der Waals surface area (Å²) < 4.78 is 43.7. The zero-order valence-corrected chi connectivity index (χ0v) is 13.0. The Kier molecular flexibility index (Phi) is 5.31. The molecule has 2 aromatic rings. The van der Waals surface area contributed by atoms with Crippen LogP contribution < -0.4 is 5.32 Å². The van der Waals surface area contributed by atoms with E-state index in [9.17, 15) is 27.9 Å². The van der Waals surface area contributed by atoms with Gasteiger partial charge < -0.3 is 15.2 Å². The first-order valence-electron chi connectivity index (χ1n) is 7.15. The Labute approximate surface area is 141 Å². The number of hydrogen-bond donors (Lipinski definition) is 2. The molecule has 0 aliphatic carbocycles. The van der Waals surface area contributed by atoms with Gasteiger partial charge in [-0.3, -0.25) is 4.79 Å². The van der Waals surface area contributed by atoms with E-state index in [1.165, 1.54) is 6.92 Å². The molecule has 0 spiro atoms. The molecule has 0 aromatic heterocycles. The zero-order valence-electron chi connectivity index (χ0n) is 13.0. The van der Waals surface area contributed by atoms with E-state index in [-0.39, 0.29) is 0 Å². The van der Waals surface area contributed by atoms with Crippen LogP contribution in [0.2, 0.25) is 0 Å². The summed E-state index contributed by atoms with van der Waals surface area (Å²) in [5.41, 5.74) is -1.68. The van der Waals surface area contributed by atoms with Crippen LogP contribution in [0.5, 0.6) is 5.75 Å². The molecule has 5 nitrogen and oxygen atoms in total. The van der Waals surface area contributed by atoms with E-state index < -0.39 is 41.0 Å². The topological polar surface area (TPSA) is 75.6 Å². The second-order valence-corrected chi connectivity index (χ2v) is 5.13. The average molecular weight is 353 g/mol. The minimum atomic E-state index is -4.81. The van der Waals surface area contributed by atoms with E-state index in [0.717, 1.165) is 6.07 Å². The molecule has 1 amide bonds. The number of nitrogens with one attached hydrogen (secondary N) is 1. The summed E-state index contributed by atoms with van der Waals surface area (Å²) in [6.07, 6.45) is -6.14. The van der Waals surface area contributed by atoms with Crippen LogP contribution in [0.1, 0.15) is 22.8 Å². The molecule has 0 heterocycles. The van der Waals surface area contributed by atoms with Crippen molar-refractivity contribution in [2.75, 3.05) is 5.32 Å². The van der Waals surface area contributed by atoms with Gasteiger partial charge in [0.15, 0.2) is 6.10 Å². The maximum atomic E-state index is 13.0. The summed E-state index contributed by atoms with van der Waals surface area (Å²) in [5.74, 6) is -2.59. The van der Waals surface area contributed by atoms with Crippen molar-refractivity contribution in [1.82, 2.24) is 0 Å². The van der Waals surface area contributed by atoms with Gasteiger partial charge in [0, 0.05) is 5.69 Å². The van der Waals surface area contributed by atoms with Gasteiger partial charge in [0.1, 0.15) is 5.75 Å². The summed E-state index contributed by atoms with van der Waals surface area (Å²) in [6.45, 7) is 1.23. The smallest absolute Gasteiger partial charge is 0.417 e. The molecule has 0 aliphatic rings. The van der Waals surface area contributed by atoms with Gasteiger partial charge in [0.05, 0.1) is 11.1 Å². The number of esters is 1. The Hall–Kier alpha value is -3.03. The van der Waals surface area contributed by atoms with Crippen LogP contribution in [-0.2, 0) is 15.7 Å². The van der Waals surface area contributed by atoms with E-state index >= 15 is 0 Å². The van der Waals surface area contributed by atoms with Crippen molar-refractivity contribution >= 4 is 17.6 Å². The number of phenols is 1. The van der Waals surface area contributed by atoms with Gasteiger partial charge in [0.2, 0.25) is 0 Å². The van der Waals surface area contributed by atoms with Crippen molar-refractivity contribution < 1.29 is 32.6 Å². The highest BCUT2D eigenvalue weighted by Gasteiger charge is 2.36. The Morgan fingerprint density at radius 3 is 2.36 bits per heavy atom. The van der Waals surface area contributed by atoms with E-state index in [0.29, 0.717) is 17.8 Å². The lowest BCUT2D eigenvalue weighted by atomic mass is 10.1. The van der Waals surface area contributed by atoms with Crippen molar-refractivity contribution in [2.45, 2.75) is 19.2 Å². The lowest BCUT2D eigenvalue weighted by Gasteiger charge is -2.16. The number of carbonyl (C=O) groups excluding carboxylic acids is 2. The van der Waals surface area contributed by atoms with Gasteiger partial charge in [-0.25, -0.2) is 4.79 Å². The summed E-state index contributed by atoms with van der Waals surface area (Å²) in [6, 6.07) is 10.3. The number of anilines is 1.